The molecule has 1 unspecified atom stereocenters. The van der Waals surface area contributed by atoms with E-state index in [2.05, 4.69) is 25.3 Å². The zero-order chi connectivity index (χ0) is 14.5. The average Bonchev–Trinajstić information content (AvgIpc) is 2.38. The Morgan fingerprint density at radius 1 is 1.20 bits per heavy atom. The van der Waals surface area contributed by atoms with Crippen LogP contribution in [0, 0.1) is 0 Å². The van der Waals surface area contributed by atoms with Crippen molar-refractivity contribution in [1.29, 1.82) is 0 Å². The maximum atomic E-state index is 5.87. The summed E-state index contributed by atoms with van der Waals surface area (Å²) in [4.78, 5) is 16.2. The Morgan fingerprint density at radius 3 is 2.65 bits per heavy atom. The van der Waals surface area contributed by atoms with Crippen molar-refractivity contribution in [1.82, 2.24) is 19.9 Å². The van der Waals surface area contributed by atoms with Gasteiger partial charge in [-0.05, 0) is 44.0 Å². The topological polar surface area (TPSA) is 72.8 Å². The molecule has 0 spiro atoms. The van der Waals surface area contributed by atoms with E-state index < -0.39 is 0 Å². The highest BCUT2D eigenvalue weighted by Crippen LogP contribution is 2.18. The van der Waals surface area contributed by atoms with Crippen molar-refractivity contribution in [2.75, 3.05) is 5.32 Å². The number of anilines is 1. The third kappa shape index (κ3) is 4.03. The van der Waals surface area contributed by atoms with E-state index in [1.165, 1.54) is 0 Å². The summed E-state index contributed by atoms with van der Waals surface area (Å²) in [5.74, 6) is 0.372. The second-order valence-corrected chi connectivity index (χ2v) is 4.87. The summed E-state index contributed by atoms with van der Waals surface area (Å²) >= 11 is 5.87. The lowest BCUT2D eigenvalue weighted by atomic mass is 10.1. The van der Waals surface area contributed by atoms with E-state index in [1.54, 1.807) is 12.4 Å². The summed E-state index contributed by atoms with van der Waals surface area (Å²) in [6, 6.07) is 4.05. The van der Waals surface area contributed by atoms with Crippen molar-refractivity contribution in [2.45, 2.75) is 32.9 Å². The van der Waals surface area contributed by atoms with Crippen LogP contribution in [0.15, 0.2) is 24.5 Å². The maximum absolute atomic E-state index is 5.87. The highest BCUT2D eigenvalue weighted by Gasteiger charge is 2.11. The molecule has 0 fully saturated rings. The minimum atomic E-state index is -0.0305. The molecule has 0 saturated carbocycles. The Morgan fingerprint density at radius 2 is 2.00 bits per heavy atom. The number of hydrogen-bond donors (Lipinski definition) is 1. The minimum Gasteiger partial charge on any atom is -0.461 e. The summed E-state index contributed by atoms with van der Waals surface area (Å²) < 4.78 is 5.42. The third-order valence-corrected chi connectivity index (χ3v) is 2.63. The van der Waals surface area contributed by atoms with Crippen molar-refractivity contribution >= 4 is 17.5 Å². The van der Waals surface area contributed by atoms with Crippen molar-refractivity contribution in [3.05, 3.63) is 35.4 Å². The number of nitrogens with zero attached hydrogens (tertiary/aromatic N) is 4. The molecule has 0 aliphatic carbocycles. The lowest BCUT2D eigenvalue weighted by molar-refractivity contribution is 0.222. The second-order valence-electron chi connectivity index (χ2n) is 4.53. The van der Waals surface area contributed by atoms with Crippen molar-refractivity contribution < 1.29 is 4.74 Å². The maximum Gasteiger partial charge on any atom is 0.322 e. The summed E-state index contributed by atoms with van der Waals surface area (Å²) in [6.07, 6.45) is 3.48. The van der Waals surface area contributed by atoms with Crippen molar-refractivity contribution in [3.8, 4) is 6.01 Å². The van der Waals surface area contributed by atoms with E-state index in [-0.39, 0.29) is 23.4 Å². The standard InChI is InChI=1S/C13H16ClN5O/c1-8(2)20-13-18-11(14)17-12(19-13)16-9(3)10-5-4-6-15-7-10/h4-9H,1-3H3,(H,16,17,18,19). The monoisotopic (exact) mass is 293 g/mol. The largest absolute Gasteiger partial charge is 0.461 e. The Kier molecular flexibility index (Phi) is 4.68. The highest BCUT2D eigenvalue weighted by atomic mass is 35.5. The molecule has 2 aromatic rings. The van der Waals surface area contributed by atoms with Crippen LogP contribution in [0.4, 0.5) is 5.95 Å². The van der Waals surface area contributed by atoms with Crippen LogP contribution in [0.25, 0.3) is 0 Å². The molecular formula is C13H16ClN5O. The van der Waals surface area contributed by atoms with Crippen LogP contribution in [0.1, 0.15) is 32.4 Å². The molecule has 0 aromatic carbocycles. The molecule has 0 aliphatic rings. The van der Waals surface area contributed by atoms with Gasteiger partial charge >= 0.3 is 6.01 Å². The molecule has 1 N–H and O–H groups in total. The number of halogens is 1. The number of hydrogen-bond acceptors (Lipinski definition) is 6. The molecule has 6 nitrogen and oxygen atoms in total. The number of aromatic nitrogens is 4. The summed E-state index contributed by atoms with van der Waals surface area (Å²) in [6.45, 7) is 5.77. The van der Waals surface area contributed by atoms with Gasteiger partial charge in [-0.1, -0.05) is 6.07 Å². The van der Waals surface area contributed by atoms with Gasteiger partial charge in [0.2, 0.25) is 11.2 Å². The number of ether oxygens (including phenoxy) is 1. The Bertz CT molecular complexity index is 564. The van der Waals surface area contributed by atoms with E-state index in [0.29, 0.717) is 5.95 Å². The van der Waals surface area contributed by atoms with Gasteiger partial charge in [0.05, 0.1) is 12.1 Å². The molecule has 0 radical (unpaired) electrons. The predicted octanol–water partition coefficient (Wildman–Crippen LogP) is 2.88. The Hall–Kier alpha value is -1.95. The summed E-state index contributed by atoms with van der Waals surface area (Å²) in [5, 5.41) is 3.24. The van der Waals surface area contributed by atoms with Gasteiger partial charge in [-0.2, -0.15) is 15.0 Å². The zero-order valence-corrected chi connectivity index (χ0v) is 12.3. The predicted molar refractivity (Wildman–Crippen MR) is 76.9 cm³/mol. The van der Waals surface area contributed by atoms with Crippen LogP contribution in [0.2, 0.25) is 5.28 Å². The molecule has 2 rings (SSSR count). The molecule has 2 heterocycles. The fraction of sp³-hybridized carbons (Fsp3) is 0.385. The molecule has 106 valence electrons. The molecule has 2 aromatic heterocycles. The first-order chi connectivity index (χ1) is 9.54. The second kappa shape index (κ2) is 6.47. The first kappa shape index (κ1) is 14.5. The van der Waals surface area contributed by atoms with Gasteiger partial charge in [0.25, 0.3) is 0 Å². The fourth-order valence-corrected chi connectivity index (χ4v) is 1.72. The van der Waals surface area contributed by atoms with Gasteiger partial charge in [-0.3, -0.25) is 4.98 Å². The van der Waals surface area contributed by atoms with Crippen molar-refractivity contribution in [2.24, 2.45) is 0 Å². The quantitative estimate of drug-likeness (QED) is 0.914. The van der Waals surface area contributed by atoms with Crippen LogP contribution in [0.3, 0.4) is 0 Å². The van der Waals surface area contributed by atoms with Gasteiger partial charge in [-0.25, -0.2) is 0 Å². The number of pyridine rings is 1. The minimum absolute atomic E-state index is 0.00549. The van der Waals surface area contributed by atoms with Crippen molar-refractivity contribution in [3.63, 3.8) is 0 Å². The summed E-state index contributed by atoms with van der Waals surface area (Å²) in [7, 11) is 0. The first-order valence-corrected chi connectivity index (χ1v) is 6.67. The fourth-order valence-electron chi connectivity index (χ4n) is 1.57. The lowest BCUT2D eigenvalue weighted by Crippen LogP contribution is -2.13. The molecule has 0 bridgehead atoms. The van der Waals surface area contributed by atoms with E-state index in [9.17, 15) is 0 Å². The SMILES string of the molecule is CC(C)Oc1nc(Cl)nc(NC(C)c2cccnc2)n1. The molecule has 0 saturated heterocycles. The van der Waals surface area contributed by atoms with Gasteiger partial charge < -0.3 is 10.1 Å². The zero-order valence-electron chi connectivity index (χ0n) is 11.5. The summed E-state index contributed by atoms with van der Waals surface area (Å²) in [5.41, 5.74) is 1.02. The number of rotatable bonds is 5. The van der Waals surface area contributed by atoms with Crippen LogP contribution in [-0.4, -0.2) is 26.0 Å². The lowest BCUT2D eigenvalue weighted by Gasteiger charge is -2.14. The van der Waals surface area contributed by atoms with Gasteiger partial charge in [0, 0.05) is 12.4 Å². The molecular weight excluding hydrogens is 278 g/mol. The molecule has 0 aliphatic heterocycles. The van der Waals surface area contributed by atoms with Crippen LogP contribution >= 0.6 is 11.6 Å². The first-order valence-electron chi connectivity index (χ1n) is 6.29. The van der Waals surface area contributed by atoms with Crippen LogP contribution in [0.5, 0.6) is 6.01 Å². The molecule has 0 amide bonds. The molecule has 7 heteroatoms. The smallest absolute Gasteiger partial charge is 0.322 e. The van der Waals surface area contributed by atoms with Crippen LogP contribution in [-0.2, 0) is 0 Å². The van der Waals surface area contributed by atoms with E-state index in [1.807, 2.05) is 32.9 Å². The highest BCUT2D eigenvalue weighted by molar-refractivity contribution is 6.28. The van der Waals surface area contributed by atoms with E-state index in [0.717, 1.165) is 5.56 Å². The van der Waals surface area contributed by atoms with E-state index >= 15 is 0 Å². The Labute approximate surface area is 122 Å². The van der Waals surface area contributed by atoms with Gasteiger partial charge in [0.1, 0.15) is 0 Å². The number of nitrogens with one attached hydrogen (secondary N) is 1. The van der Waals surface area contributed by atoms with Gasteiger partial charge in [0.15, 0.2) is 0 Å². The third-order valence-electron chi connectivity index (χ3n) is 2.46. The average molecular weight is 294 g/mol. The van der Waals surface area contributed by atoms with Gasteiger partial charge in [-0.15, -0.1) is 0 Å². The Balaban J connectivity index is 2.14. The van der Waals surface area contributed by atoms with E-state index in [4.69, 9.17) is 16.3 Å². The molecule has 20 heavy (non-hydrogen) atoms. The normalized spacial score (nSPS) is 12.2. The van der Waals surface area contributed by atoms with Crippen LogP contribution < -0.4 is 10.1 Å². The molecule has 1 atom stereocenters.